The molecule has 2 aromatic carbocycles. The fourth-order valence-corrected chi connectivity index (χ4v) is 5.41. The van der Waals surface area contributed by atoms with Gasteiger partial charge in [-0.1, -0.05) is 28.9 Å². The normalized spacial score (nSPS) is 20.3. The van der Waals surface area contributed by atoms with E-state index >= 15 is 0 Å². The molecule has 1 amide bonds. The summed E-state index contributed by atoms with van der Waals surface area (Å²) >= 11 is 0. The maximum Gasteiger partial charge on any atom is 0.297 e. The summed E-state index contributed by atoms with van der Waals surface area (Å²) in [5, 5.41) is 6.92. The molecule has 3 aromatic rings. The molecule has 2 aliphatic rings. The van der Waals surface area contributed by atoms with Crippen LogP contribution in [-0.4, -0.2) is 75.2 Å². The number of aromatic nitrogens is 2. The van der Waals surface area contributed by atoms with Crippen LogP contribution in [0.3, 0.4) is 0 Å². The van der Waals surface area contributed by atoms with Crippen LogP contribution in [0.1, 0.15) is 39.6 Å². The number of benzene rings is 2. The second-order valence-electron chi connectivity index (χ2n) is 10.1. The largest absolute Gasteiger partial charge is 0.494 e. The Morgan fingerprint density at radius 2 is 1.84 bits per heavy atom. The summed E-state index contributed by atoms with van der Waals surface area (Å²) < 4.78 is 60.4. The number of aryl methyl sites for hydroxylation is 2. The van der Waals surface area contributed by atoms with E-state index < -0.39 is 40.2 Å². The highest BCUT2D eigenvalue weighted by atomic mass is 32.2. The lowest BCUT2D eigenvalue weighted by Gasteiger charge is -2.31. The molecule has 43 heavy (non-hydrogen) atoms. The lowest BCUT2D eigenvalue weighted by Crippen LogP contribution is -2.44. The molecule has 1 aromatic heterocycles. The molecule has 3 atom stereocenters. The third kappa shape index (κ3) is 7.51. The standard InChI is InChI=1S/C29H31FN4O8S/c1-17-4-7-21(8-5-17)43(36,37)41-15-20-14-40-28(16-39-20)27-12-24(34-42-27)23-11-25(33-18(2)32-23)29(35)31-13-19-6-9-22(30)26(10-19)38-3/h4-11,20,27-28H,12-16H2,1-3H3,(H,31,35)/t20-,27-,28+/m0/s1. The predicted molar refractivity (Wildman–Crippen MR) is 151 cm³/mol. The van der Waals surface area contributed by atoms with Gasteiger partial charge in [0.15, 0.2) is 17.7 Å². The van der Waals surface area contributed by atoms with Gasteiger partial charge in [0.2, 0.25) is 0 Å². The zero-order chi connectivity index (χ0) is 30.6. The molecule has 1 fully saturated rings. The zero-order valence-corrected chi connectivity index (χ0v) is 24.6. The minimum atomic E-state index is -3.92. The van der Waals surface area contributed by atoms with Gasteiger partial charge in [-0.2, -0.15) is 8.42 Å². The third-order valence-corrected chi connectivity index (χ3v) is 8.15. The van der Waals surface area contributed by atoms with Gasteiger partial charge in [-0.3, -0.25) is 8.98 Å². The van der Waals surface area contributed by atoms with Crippen molar-refractivity contribution in [1.82, 2.24) is 15.3 Å². The molecule has 14 heteroatoms. The maximum absolute atomic E-state index is 13.7. The molecule has 1 saturated heterocycles. The Balaban J connectivity index is 1.12. The summed E-state index contributed by atoms with van der Waals surface area (Å²) in [5.41, 5.74) is 2.70. The summed E-state index contributed by atoms with van der Waals surface area (Å²) in [5.74, 6) is -0.469. The summed E-state index contributed by atoms with van der Waals surface area (Å²) in [4.78, 5) is 27.2. The first-order valence-electron chi connectivity index (χ1n) is 13.5. The zero-order valence-electron chi connectivity index (χ0n) is 23.8. The number of nitrogens with one attached hydrogen (secondary N) is 1. The highest BCUT2D eigenvalue weighted by molar-refractivity contribution is 7.86. The Bertz CT molecular complexity index is 1610. The van der Waals surface area contributed by atoms with Crippen molar-refractivity contribution in [1.29, 1.82) is 0 Å². The molecule has 0 radical (unpaired) electrons. The summed E-state index contributed by atoms with van der Waals surface area (Å²) in [6.45, 7) is 3.75. The number of oxime groups is 1. The minimum absolute atomic E-state index is 0.0749. The number of nitrogens with zero attached hydrogens (tertiary/aromatic N) is 3. The first-order chi connectivity index (χ1) is 20.6. The highest BCUT2D eigenvalue weighted by Crippen LogP contribution is 2.24. The quantitative estimate of drug-likeness (QED) is 0.338. The smallest absolute Gasteiger partial charge is 0.297 e. The molecule has 0 spiro atoms. The number of ether oxygens (including phenoxy) is 3. The Morgan fingerprint density at radius 3 is 2.56 bits per heavy atom. The van der Waals surface area contributed by atoms with Crippen LogP contribution in [0.25, 0.3) is 0 Å². The fraction of sp³-hybridized carbons (Fsp3) is 0.379. The lowest BCUT2D eigenvalue weighted by atomic mass is 10.0. The van der Waals surface area contributed by atoms with Crippen molar-refractivity contribution in [2.45, 2.75) is 50.0 Å². The number of amides is 1. The predicted octanol–water partition coefficient (Wildman–Crippen LogP) is 2.85. The van der Waals surface area contributed by atoms with Gasteiger partial charge in [0.25, 0.3) is 16.0 Å². The summed E-state index contributed by atoms with van der Waals surface area (Å²) in [6, 6.07) is 12.3. The minimum Gasteiger partial charge on any atom is -0.494 e. The third-order valence-electron chi connectivity index (χ3n) is 6.85. The molecule has 2 aliphatic heterocycles. The Morgan fingerprint density at radius 1 is 1.05 bits per heavy atom. The van der Waals surface area contributed by atoms with Gasteiger partial charge in [0.1, 0.15) is 29.4 Å². The number of halogens is 1. The second-order valence-corrected chi connectivity index (χ2v) is 11.7. The van der Waals surface area contributed by atoms with Crippen molar-refractivity contribution < 1.29 is 40.8 Å². The van der Waals surface area contributed by atoms with Crippen LogP contribution in [0.4, 0.5) is 4.39 Å². The van der Waals surface area contributed by atoms with Gasteiger partial charge in [0.05, 0.1) is 37.5 Å². The SMILES string of the molecule is COc1cc(CNC(=O)c2cc(C3=NO[C@H]([C@H]4CO[C@H](COS(=O)(=O)c5ccc(C)cc5)CO4)C3)nc(C)n2)ccc1F. The summed E-state index contributed by atoms with van der Waals surface area (Å²) in [6.07, 6.45) is -1.14. The van der Waals surface area contributed by atoms with Gasteiger partial charge in [-0.05, 0) is 49.7 Å². The van der Waals surface area contributed by atoms with Crippen LogP contribution in [0.5, 0.6) is 5.75 Å². The van der Waals surface area contributed by atoms with E-state index in [9.17, 15) is 17.6 Å². The van der Waals surface area contributed by atoms with E-state index in [0.717, 1.165) is 5.56 Å². The van der Waals surface area contributed by atoms with Crippen molar-refractivity contribution in [3.63, 3.8) is 0 Å². The van der Waals surface area contributed by atoms with Crippen LogP contribution in [-0.2, 0) is 35.2 Å². The van der Waals surface area contributed by atoms with Crippen molar-refractivity contribution in [3.8, 4) is 5.75 Å². The van der Waals surface area contributed by atoms with E-state index in [1.165, 1.54) is 37.4 Å². The van der Waals surface area contributed by atoms with E-state index in [-0.39, 0.29) is 42.7 Å². The molecular weight excluding hydrogens is 583 g/mol. The number of hydrogen-bond acceptors (Lipinski definition) is 11. The molecule has 1 N–H and O–H groups in total. The van der Waals surface area contributed by atoms with Crippen molar-refractivity contribution in [2.75, 3.05) is 26.9 Å². The number of hydrogen-bond donors (Lipinski definition) is 1. The second kappa shape index (κ2) is 13.1. The van der Waals surface area contributed by atoms with Crippen LogP contribution < -0.4 is 10.1 Å². The average molecular weight is 615 g/mol. The van der Waals surface area contributed by atoms with Gasteiger partial charge in [-0.25, -0.2) is 14.4 Å². The van der Waals surface area contributed by atoms with Crippen LogP contribution in [0, 0.1) is 19.7 Å². The molecule has 12 nitrogen and oxygen atoms in total. The number of carbonyl (C=O) groups excluding carboxylic acids is 1. The Kier molecular flexibility index (Phi) is 9.30. The van der Waals surface area contributed by atoms with Crippen LogP contribution >= 0.6 is 0 Å². The van der Waals surface area contributed by atoms with E-state index in [1.54, 1.807) is 25.1 Å². The van der Waals surface area contributed by atoms with Gasteiger partial charge < -0.3 is 24.4 Å². The monoisotopic (exact) mass is 614 g/mol. The van der Waals surface area contributed by atoms with Crippen molar-refractivity contribution in [2.24, 2.45) is 5.16 Å². The van der Waals surface area contributed by atoms with Crippen molar-refractivity contribution >= 4 is 21.7 Å². The fourth-order valence-electron chi connectivity index (χ4n) is 4.47. The lowest BCUT2D eigenvalue weighted by molar-refractivity contribution is -0.176. The topological polar surface area (TPSA) is 148 Å². The van der Waals surface area contributed by atoms with E-state index in [4.69, 9.17) is 23.2 Å². The van der Waals surface area contributed by atoms with Crippen LogP contribution in [0.15, 0.2) is 58.6 Å². The highest BCUT2D eigenvalue weighted by Gasteiger charge is 2.36. The molecule has 0 aliphatic carbocycles. The molecule has 0 bridgehead atoms. The van der Waals surface area contributed by atoms with E-state index in [2.05, 4.69) is 20.4 Å². The average Bonchev–Trinajstić information content (AvgIpc) is 3.50. The van der Waals surface area contributed by atoms with Gasteiger partial charge >= 0.3 is 0 Å². The van der Waals surface area contributed by atoms with Crippen LogP contribution in [0.2, 0.25) is 0 Å². The first-order valence-corrected chi connectivity index (χ1v) is 14.9. The van der Waals surface area contributed by atoms with E-state index in [0.29, 0.717) is 29.2 Å². The van der Waals surface area contributed by atoms with Gasteiger partial charge in [0, 0.05) is 13.0 Å². The summed E-state index contributed by atoms with van der Waals surface area (Å²) in [7, 11) is -2.55. The number of methoxy groups -OCH3 is 1. The van der Waals surface area contributed by atoms with E-state index in [1.807, 2.05) is 6.92 Å². The molecule has 5 rings (SSSR count). The first kappa shape index (κ1) is 30.5. The molecule has 0 unspecified atom stereocenters. The number of rotatable bonds is 10. The maximum atomic E-state index is 13.7. The Hall–Kier alpha value is -3.98. The Labute approximate surface area is 248 Å². The molecule has 0 saturated carbocycles. The molecular formula is C29H31FN4O8S. The van der Waals surface area contributed by atoms with Gasteiger partial charge in [-0.15, -0.1) is 0 Å². The van der Waals surface area contributed by atoms with Crippen molar-refractivity contribution in [3.05, 3.63) is 82.7 Å². The molecule has 228 valence electrons. The number of carbonyl (C=O) groups is 1. The molecule has 3 heterocycles.